The third-order valence-corrected chi connectivity index (χ3v) is 3.68. The zero-order chi connectivity index (χ0) is 11.8. The summed E-state index contributed by atoms with van der Waals surface area (Å²) in [5, 5.41) is 0.801. The van der Waals surface area contributed by atoms with Crippen molar-refractivity contribution in [2.24, 2.45) is 11.7 Å². The van der Waals surface area contributed by atoms with Gasteiger partial charge in [0.15, 0.2) is 0 Å². The molecule has 1 atom stereocenters. The number of benzene rings is 1. The van der Waals surface area contributed by atoms with E-state index in [1.807, 2.05) is 23.9 Å². The van der Waals surface area contributed by atoms with Crippen LogP contribution >= 0.6 is 23.4 Å². The van der Waals surface area contributed by atoms with Gasteiger partial charge in [0.2, 0.25) is 0 Å². The van der Waals surface area contributed by atoms with E-state index in [0.29, 0.717) is 5.92 Å². The van der Waals surface area contributed by atoms with Gasteiger partial charge in [0.05, 0.1) is 0 Å². The van der Waals surface area contributed by atoms with E-state index < -0.39 is 0 Å². The average molecular weight is 258 g/mol. The van der Waals surface area contributed by atoms with Crippen LogP contribution in [-0.4, -0.2) is 18.6 Å². The first-order valence-corrected chi connectivity index (χ1v) is 7.47. The van der Waals surface area contributed by atoms with Crippen molar-refractivity contribution in [3.05, 3.63) is 34.9 Å². The van der Waals surface area contributed by atoms with Gasteiger partial charge >= 0.3 is 0 Å². The lowest BCUT2D eigenvalue weighted by atomic mass is 9.95. The number of rotatable bonds is 7. The van der Waals surface area contributed by atoms with Crippen molar-refractivity contribution in [3.8, 4) is 0 Å². The normalized spacial score (nSPS) is 12.7. The Labute approximate surface area is 108 Å². The van der Waals surface area contributed by atoms with Crippen LogP contribution in [0.2, 0.25) is 5.02 Å². The Hall–Kier alpha value is -0.180. The summed E-state index contributed by atoms with van der Waals surface area (Å²) in [6, 6.07) is 8.10. The van der Waals surface area contributed by atoms with E-state index in [4.69, 9.17) is 17.3 Å². The second-order valence-electron chi connectivity index (χ2n) is 4.07. The zero-order valence-electron chi connectivity index (χ0n) is 9.79. The van der Waals surface area contributed by atoms with Gasteiger partial charge < -0.3 is 5.73 Å². The van der Waals surface area contributed by atoms with Crippen molar-refractivity contribution in [2.75, 3.05) is 18.6 Å². The molecule has 90 valence electrons. The van der Waals surface area contributed by atoms with Crippen LogP contribution in [0.25, 0.3) is 0 Å². The van der Waals surface area contributed by atoms with Crippen molar-refractivity contribution in [1.82, 2.24) is 0 Å². The molecular weight excluding hydrogens is 238 g/mol. The fourth-order valence-electron chi connectivity index (χ4n) is 1.77. The summed E-state index contributed by atoms with van der Waals surface area (Å²) in [7, 11) is 0. The van der Waals surface area contributed by atoms with E-state index in [1.165, 1.54) is 24.2 Å². The van der Waals surface area contributed by atoms with Gasteiger partial charge in [0, 0.05) is 5.02 Å². The first-order valence-electron chi connectivity index (χ1n) is 5.69. The fraction of sp³-hybridized carbons (Fsp3) is 0.538. The lowest BCUT2D eigenvalue weighted by molar-refractivity contribution is 0.489. The average Bonchev–Trinajstić information content (AvgIpc) is 2.31. The molecule has 0 aliphatic carbocycles. The number of nitrogens with two attached hydrogens (primary N) is 1. The molecule has 0 aromatic heterocycles. The predicted molar refractivity (Wildman–Crippen MR) is 75.3 cm³/mol. The van der Waals surface area contributed by atoms with Gasteiger partial charge in [-0.1, -0.05) is 23.7 Å². The van der Waals surface area contributed by atoms with Gasteiger partial charge in [-0.3, -0.25) is 0 Å². The highest BCUT2D eigenvalue weighted by Crippen LogP contribution is 2.16. The fourth-order valence-corrected chi connectivity index (χ4v) is 2.35. The van der Waals surface area contributed by atoms with E-state index in [-0.39, 0.29) is 0 Å². The van der Waals surface area contributed by atoms with Crippen molar-refractivity contribution in [1.29, 1.82) is 0 Å². The molecule has 1 unspecified atom stereocenters. The van der Waals surface area contributed by atoms with Crippen molar-refractivity contribution in [2.45, 2.75) is 19.3 Å². The molecule has 0 saturated heterocycles. The molecule has 0 spiro atoms. The van der Waals surface area contributed by atoms with Crippen molar-refractivity contribution >= 4 is 23.4 Å². The smallest absolute Gasteiger partial charge is 0.0406 e. The van der Waals surface area contributed by atoms with Crippen LogP contribution in [0.4, 0.5) is 0 Å². The Morgan fingerprint density at radius 2 is 2.00 bits per heavy atom. The Bertz CT molecular complexity index is 286. The quantitative estimate of drug-likeness (QED) is 0.756. The third-order valence-electron chi connectivity index (χ3n) is 2.73. The molecule has 0 bridgehead atoms. The van der Waals surface area contributed by atoms with Crippen LogP contribution < -0.4 is 5.73 Å². The summed E-state index contributed by atoms with van der Waals surface area (Å²) in [6.45, 7) is 0.775. The molecule has 1 rings (SSSR count). The lowest BCUT2D eigenvalue weighted by Crippen LogP contribution is -2.17. The minimum atomic E-state index is 0.605. The predicted octanol–water partition coefficient (Wildman–Crippen LogP) is 3.60. The van der Waals surface area contributed by atoms with E-state index >= 15 is 0 Å². The summed E-state index contributed by atoms with van der Waals surface area (Å²) in [6.07, 6.45) is 5.70. The highest BCUT2D eigenvalue weighted by atomic mass is 35.5. The maximum Gasteiger partial charge on any atom is 0.0406 e. The highest BCUT2D eigenvalue weighted by Gasteiger charge is 2.07. The first-order chi connectivity index (χ1) is 7.76. The van der Waals surface area contributed by atoms with Crippen molar-refractivity contribution < 1.29 is 0 Å². The molecule has 1 nitrogen and oxygen atoms in total. The Morgan fingerprint density at radius 1 is 1.31 bits per heavy atom. The monoisotopic (exact) mass is 257 g/mol. The van der Waals surface area contributed by atoms with Gasteiger partial charge in [-0.15, -0.1) is 0 Å². The molecule has 0 amide bonds. The summed E-state index contributed by atoms with van der Waals surface area (Å²) in [4.78, 5) is 0. The zero-order valence-corrected chi connectivity index (χ0v) is 11.4. The highest BCUT2D eigenvalue weighted by molar-refractivity contribution is 7.98. The number of hydrogen-bond donors (Lipinski definition) is 1. The van der Waals surface area contributed by atoms with E-state index in [2.05, 4.69) is 18.4 Å². The second kappa shape index (κ2) is 7.99. The second-order valence-corrected chi connectivity index (χ2v) is 5.49. The molecule has 2 N–H and O–H groups in total. The van der Waals surface area contributed by atoms with Crippen LogP contribution in [0.15, 0.2) is 24.3 Å². The minimum absolute atomic E-state index is 0.605. The molecule has 1 aromatic rings. The molecule has 0 heterocycles. The Morgan fingerprint density at radius 3 is 2.56 bits per heavy atom. The lowest BCUT2D eigenvalue weighted by Gasteiger charge is -2.14. The standard InChI is InChI=1S/C13H20ClNS/c1-16-8-2-3-12(10-15)9-11-4-6-13(14)7-5-11/h4-7,12H,2-3,8-10,15H2,1H3. The maximum absolute atomic E-state index is 5.86. The van der Waals surface area contributed by atoms with Crippen LogP contribution in [0.3, 0.4) is 0 Å². The van der Waals surface area contributed by atoms with Crippen LogP contribution in [-0.2, 0) is 6.42 Å². The molecule has 16 heavy (non-hydrogen) atoms. The van der Waals surface area contributed by atoms with Gasteiger partial charge in [-0.05, 0) is 61.4 Å². The molecule has 1 aromatic carbocycles. The topological polar surface area (TPSA) is 26.0 Å². The van der Waals surface area contributed by atoms with E-state index in [0.717, 1.165) is 18.0 Å². The molecule has 0 saturated carbocycles. The van der Waals surface area contributed by atoms with Crippen LogP contribution in [0, 0.1) is 5.92 Å². The number of thioether (sulfide) groups is 1. The van der Waals surface area contributed by atoms with Crippen molar-refractivity contribution in [3.63, 3.8) is 0 Å². The maximum atomic E-state index is 5.86. The summed E-state index contributed by atoms with van der Waals surface area (Å²) in [5.74, 6) is 1.84. The summed E-state index contributed by atoms with van der Waals surface area (Å²) >= 11 is 7.76. The van der Waals surface area contributed by atoms with Gasteiger partial charge in [0.1, 0.15) is 0 Å². The van der Waals surface area contributed by atoms with E-state index in [1.54, 1.807) is 0 Å². The van der Waals surface area contributed by atoms with Crippen LogP contribution in [0.5, 0.6) is 0 Å². The largest absolute Gasteiger partial charge is 0.330 e. The summed E-state index contributed by atoms with van der Waals surface area (Å²) < 4.78 is 0. The first kappa shape index (κ1) is 13.9. The SMILES string of the molecule is CSCCCC(CN)Cc1ccc(Cl)cc1. The van der Waals surface area contributed by atoms with E-state index in [9.17, 15) is 0 Å². The Kier molecular flexibility index (Phi) is 6.93. The molecule has 0 fully saturated rings. The molecule has 0 aliphatic rings. The molecule has 0 radical (unpaired) electrons. The summed E-state index contributed by atoms with van der Waals surface area (Å²) in [5.41, 5.74) is 7.14. The Balaban J connectivity index is 2.40. The molecule has 0 aliphatic heterocycles. The molecule has 3 heteroatoms. The minimum Gasteiger partial charge on any atom is -0.330 e. The molecular formula is C13H20ClNS. The van der Waals surface area contributed by atoms with Gasteiger partial charge in [-0.2, -0.15) is 11.8 Å². The number of hydrogen-bond acceptors (Lipinski definition) is 2. The van der Waals surface area contributed by atoms with Gasteiger partial charge in [0.25, 0.3) is 0 Å². The third kappa shape index (κ3) is 5.24. The number of halogens is 1. The van der Waals surface area contributed by atoms with Crippen LogP contribution in [0.1, 0.15) is 18.4 Å². The van der Waals surface area contributed by atoms with Gasteiger partial charge in [-0.25, -0.2) is 0 Å².